The third kappa shape index (κ3) is 1.14. The Hall–Kier alpha value is -1.60. The van der Waals surface area contributed by atoms with Gasteiger partial charge in [0, 0.05) is 13.0 Å². The molecule has 0 aliphatic carbocycles. The molecule has 0 unspecified atom stereocenters. The lowest BCUT2D eigenvalue weighted by Gasteiger charge is -1.93. The summed E-state index contributed by atoms with van der Waals surface area (Å²) in [6.07, 6.45) is 0. The van der Waals surface area contributed by atoms with E-state index < -0.39 is 0 Å². The first-order chi connectivity index (χ1) is 6.63. The normalized spacial score (nSPS) is 10.4. The Morgan fingerprint density at radius 1 is 1.50 bits per heavy atom. The van der Waals surface area contributed by atoms with Gasteiger partial charge in [0.15, 0.2) is 5.69 Å². The van der Waals surface area contributed by atoms with Gasteiger partial charge in [0.1, 0.15) is 10.9 Å². The SMILES string of the molecule is Cc1cc(C)c2c(N)c(C#N)sc2[nH+]1. The number of nitrogens with zero attached hydrogens (tertiary/aromatic N) is 1. The zero-order chi connectivity index (χ0) is 10.3. The molecule has 0 aliphatic rings. The summed E-state index contributed by atoms with van der Waals surface area (Å²) in [6.45, 7) is 4.00. The molecule has 3 nitrogen and oxygen atoms in total. The number of hydrogen-bond donors (Lipinski definition) is 1. The van der Waals surface area contributed by atoms with E-state index in [9.17, 15) is 0 Å². The summed E-state index contributed by atoms with van der Waals surface area (Å²) in [4.78, 5) is 4.78. The Kier molecular flexibility index (Phi) is 1.90. The largest absolute Gasteiger partial charge is 0.396 e. The van der Waals surface area contributed by atoms with Gasteiger partial charge in [-0.1, -0.05) is 11.3 Å². The maximum atomic E-state index is 8.85. The molecule has 0 atom stereocenters. The number of fused-ring (bicyclic) bond motifs is 1. The van der Waals surface area contributed by atoms with Gasteiger partial charge < -0.3 is 5.73 Å². The lowest BCUT2D eigenvalue weighted by atomic mass is 10.1. The number of nitrogens with two attached hydrogens (primary N) is 1. The Bertz CT molecular complexity index is 548. The molecular weight excluding hydrogens is 194 g/mol. The van der Waals surface area contributed by atoms with Gasteiger partial charge in [-0.3, -0.25) is 0 Å². The predicted molar refractivity (Wildman–Crippen MR) is 57.0 cm³/mol. The average molecular weight is 204 g/mol. The van der Waals surface area contributed by atoms with Crippen LogP contribution in [0.2, 0.25) is 0 Å². The van der Waals surface area contributed by atoms with Gasteiger partial charge in [0.05, 0.1) is 11.1 Å². The second kappa shape index (κ2) is 2.96. The third-order valence-electron chi connectivity index (χ3n) is 2.18. The topological polar surface area (TPSA) is 64.0 Å². The van der Waals surface area contributed by atoms with E-state index in [0.717, 1.165) is 21.5 Å². The van der Waals surface area contributed by atoms with E-state index in [1.807, 2.05) is 19.9 Å². The van der Waals surface area contributed by atoms with Gasteiger partial charge in [-0.2, -0.15) is 10.2 Å². The molecule has 0 aromatic carbocycles. The Labute approximate surface area is 85.8 Å². The van der Waals surface area contributed by atoms with Crippen molar-refractivity contribution in [2.24, 2.45) is 0 Å². The number of pyridine rings is 1. The van der Waals surface area contributed by atoms with Crippen LogP contribution >= 0.6 is 11.3 Å². The smallest absolute Gasteiger partial charge is 0.271 e. The molecule has 2 aromatic rings. The summed E-state index contributed by atoms with van der Waals surface area (Å²) in [5.74, 6) is 0. The first-order valence-electron chi connectivity index (χ1n) is 4.25. The monoisotopic (exact) mass is 204 g/mol. The highest BCUT2D eigenvalue weighted by molar-refractivity contribution is 7.19. The summed E-state index contributed by atoms with van der Waals surface area (Å²) in [7, 11) is 0. The van der Waals surface area contributed by atoms with E-state index in [4.69, 9.17) is 11.0 Å². The van der Waals surface area contributed by atoms with Crippen molar-refractivity contribution in [3.63, 3.8) is 0 Å². The molecule has 70 valence electrons. The zero-order valence-electron chi connectivity index (χ0n) is 8.01. The molecule has 2 rings (SSSR count). The molecule has 0 amide bonds. The zero-order valence-corrected chi connectivity index (χ0v) is 8.83. The predicted octanol–water partition coefficient (Wildman–Crippen LogP) is 1.79. The lowest BCUT2D eigenvalue weighted by Crippen LogP contribution is -2.07. The number of nitrogens with one attached hydrogen (secondary N) is 1. The van der Waals surface area contributed by atoms with Gasteiger partial charge in [-0.15, -0.1) is 0 Å². The number of thiophene rings is 1. The van der Waals surface area contributed by atoms with Crippen molar-refractivity contribution in [3.8, 4) is 6.07 Å². The van der Waals surface area contributed by atoms with Crippen LogP contribution in [-0.2, 0) is 0 Å². The van der Waals surface area contributed by atoms with Crippen molar-refractivity contribution in [2.45, 2.75) is 13.8 Å². The summed E-state index contributed by atoms with van der Waals surface area (Å²) in [6, 6.07) is 4.14. The number of H-pyrrole nitrogens is 1. The molecule has 2 heterocycles. The quantitative estimate of drug-likeness (QED) is 0.711. The molecule has 4 heteroatoms. The van der Waals surface area contributed by atoms with Gasteiger partial charge in [-0.05, 0) is 12.5 Å². The first-order valence-corrected chi connectivity index (χ1v) is 5.06. The van der Waals surface area contributed by atoms with E-state index >= 15 is 0 Å². The second-order valence-corrected chi connectivity index (χ2v) is 4.32. The van der Waals surface area contributed by atoms with Gasteiger partial charge >= 0.3 is 0 Å². The first kappa shape index (κ1) is 8.97. The standard InChI is InChI=1S/C10H9N3S/c1-5-3-6(2)13-10-8(5)9(12)7(4-11)14-10/h3H,12H2,1-2H3/p+1. The number of nitrogen functional groups attached to an aromatic ring is 1. The minimum atomic E-state index is 0.588. The Morgan fingerprint density at radius 3 is 2.86 bits per heavy atom. The molecule has 0 saturated heterocycles. The number of hydrogen-bond acceptors (Lipinski definition) is 3. The minimum Gasteiger partial charge on any atom is -0.396 e. The van der Waals surface area contributed by atoms with E-state index in [1.165, 1.54) is 11.3 Å². The molecule has 0 radical (unpaired) electrons. The minimum absolute atomic E-state index is 0.588. The van der Waals surface area contributed by atoms with Crippen LogP contribution in [0.1, 0.15) is 16.1 Å². The van der Waals surface area contributed by atoms with Gasteiger partial charge in [0.2, 0.25) is 0 Å². The Morgan fingerprint density at radius 2 is 2.21 bits per heavy atom. The molecule has 0 spiro atoms. The highest BCUT2D eigenvalue weighted by Gasteiger charge is 2.16. The van der Waals surface area contributed by atoms with E-state index in [1.54, 1.807) is 0 Å². The number of aromatic amines is 1. The fraction of sp³-hybridized carbons (Fsp3) is 0.200. The maximum Gasteiger partial charge on any atom is 0.271 e. The summed E-state index contributed by atoms with van der Waals surface area (Å²) in [5, 5.41) is 9.83. The van der Waals surface area contributed by atoms with Crippen LogP contribution in [0.25, 0.3) is 10.2 Å². The third-order valence-corrected chi connectivity index (χ3v) is 3.21. The molecule has 3 N–H and O–H groups in total. The second-order valence-electron chi connectivity index (χ2n) is 3.30. The average Bonchev–Trinajstić information content (AvgIpc) is 2.42. The molecule has 0 fully saturated rings. The lowest BCUT2D eigenvalue weighted by molar-refractivity contribution is -0.351. The van der Waals surface area contributed by atoms with Crippen LogP contribution in [-0.4, -0.2) is 0 Å². The van der Waals surface area contributed by atoms with E-state index in [2.05, 4.69) is 11.1 Å². The molecule has 14 heavy (non-hydrogen) atoms. The van der Waals surface area contributed by atoms with E-state index in [0.29, 0.717) is 10.6 Å². The van der Waals surface area contributed by atoms with Crippen molar-refractivity contribution in [1.82, 2.24) is 0 Å². The van der Waals surface area contributed by atoms with Crippen LogP contribution < -0.4 is 10.7 Å². The molecule has 0 saturated carbocycles. The van der Waals surface area contributed by atoms with Gasteiger partial charge in [-0.25, -0.2) is 0 Å². The van der Waals surface area contributed by atoms with Crippen molar-refractivity contribution in [3.05, 3.63) is 22.2 Å². The molecule has 0 aliphatic heterocycles. The number of aromatic nitrogens is 1. The van der Waals surface area contributed by atoms with Crippen LogP contribution in [0.5, 0.6) is 0 Å². The summed E-state index contributed by atoms with van der Waals surface area (Å²) >= 11 is 1.41. The summed E-state index contributed by atoms with van der Waals surface area (Å²) < 4.78 is 0. The van der Waals surface area contributed by atoms with Gasteiger partial charge in [0.25, 0.3) is 4.83 Å². The van der Waals surface area contributed by atoms with Crippen molar-refractivity contribution in [1.29, 1.82) is 5.26 Å². The Balaban J connectivity index is 2.94. The number of rotatable bonds is 0. The van der Waals surface area contributed by atoms with Crippen molar-refractivity contribution < 1.29 is 4.98 Å². The maximum absolute atomic E-state index is 8.85. The van der Waals surface area contributed by atoms with Crippen molar-refractivity contribution >= 4 is 27.2 Å². The van der Waals surface area contributed by atoms with Crippen molar-refractivity contribution in [2.75, 3.05) is 5.73 Å². The van der Waals surface area contributed by atoms with Crippen LogP contribution in [0.4, 0.5) is 5.69 Å². The number of nitriles is 1. The van der Waals surface area contributed by atoms with Crippen LogP contribution in [0, 0.1) is 25.2 Å². The van der Waals surface area contributed by atoms with Crippen LogP contribution in [0.15, 0.2) is 6.07 Å². The number of aryl methyl sites for hydroxylation is 2. The molecular formula is C10H10N3S+. The fourth-order valence-corrected chi connectivity index (χ4v) is 2.67. The van der Waals surface area contributed by atoms with Crippen LogP contribution in [0.3, 0.4) is 0 Å². The molecule has 0 bridgehead atoms. The highest BCUT2D eigenvalue weighted by atomic mass is 32.1. The van der Waals surface area contributed by atoms with E-state index in [-0.39, 0.29) is 0 Å². The summed E-state index contributed by atoms with van der Waals surface area (Å²) in [5.41, 5.74) is 8.67. The molecule has 2 aromatic heterocycles. The highest BCUT2D eigenvalue weighted by Crippen LogP contribution is 2.32. The number of anilines is 1. The fourth-order valence-electron chi connectivity index (χ4n) is 1.62.